The maximum atomic E-state index is 11.0. The molecule has 1 rings (SSSR count). The Bertz CT molecular complexity index is 405. The molecule has 1 aromatic carbocycles. The largest absolute Gasteiger partial charge is 0.326 e. The lowest BCUT2D eigenvalue weighted by molar-refractivity contribution is -0.114. The van der Waals surface area contributed by atoms with Crippen molar-refractivity contribution >= 4 is 17.7 Å². The number of carbonyl (C=O) groups is 1. The second-order valence-electron chi connectivity index (χ2n) is 3.31. The van der Waals surface area contributed by atoms with Gasteiger partial charge in [0, 0.05) is 18.2 Å². The maximum Gasteiger partial charge on any atom is 0.221 e. The van der Waals surface area contributed by atoms with Gasteiger partial charge in [-0.2, -0.15) is 0 Å². The van der Waals surface area contributed by atoms with Crippen LogP contribution in [0.1, 0.15) is 18.1 Å². The zero-order valence-electron chi connectivity index (χ0n) is 9.08. The number of benzene rings is 1. The molecule has 1 N–H and O–H groups in total. The quantitative estimate of drug-likeness (QED) is 0.748. The van der Waals surface area contributed by atoms with Crippen LogP contribution in [0.4, 0.5) is 5.69 Å². The van der Waals surface area contributed by atoms with Crippen LogP contribution in [0.5, 0.6) is 0 Å². The second-order valence-corrected chi connectivity index (χ2v) is 3.31. The summed E-state index contributed by atoms with van der Waals surface area (Å²) < 4.78 is 0. The molecule has 0 fully saturated rings. The van der Waals surface area contributed by atoms with Gasteiger partial charge >= 0.3 is 0 Å². The number of aryl methyl sites for hydroxylation is 1. The molecule has 0 bridgehead atoms. The molecule has 15 heavy (non-hydrogen) atoms. The molecule has 0 saturated carbocycles. The topological polar surface area (TPSA) is 29.1 Å². The number of carbonyl (C=O) groups excluding carboxylic acids is 1. The number of allylic oxidation sites excluding steroid dienone is 2. The molecule has 0 spiro atoms. The van der Waals surface area contributed by atoms with Gasteiger partial charge in [-0.1, -0.05) is 36.9 Å². The first-order chi connectivity index (χ1) is 7.15. The highest BCUT2D eigenvalue weighted by molar-refractivity contribution is 5.91. The summed E-state index contributed by atoms with van der Waals surface area (Å²) in [4.78, 5) is 11.0. The molecule has 0 radical (unpaired) electrons. The second kappa shape index (κ2) is 5.15. The number of anilines is 1. The Labute approximate surface area is 90.3 Å². The van der Waals surface area contributed by atoms with Crippen molar-refractivity contribution in [2.24, 2.45) is 0 Å². The molecule has 0 heterocycles. The van der Waals surface area contributed by atoms with Gasteiger partial charge in [-0.25, -0.2) is 0 Å². The SMILES string of the molecule is C=C/C=C\c1c(C)cccc1NC(C)=O. The minimum Gasteiger partial charge on any atom is -0.326 e. The minimum absolute atomic E-state index is 0.0612. The zero-order valence-corrected chi connectivity index (χ0v) is 9.08. The fraction of sp³-hybridized carbons (Fsp3) is 0.154. The van der Waals surface area contributed by atoms with Crippen molar-refractivity contribution in [3.8, 4) is 0 Å². The van der Waals surface area contributed by atoms with Crippen LogP contribution >= 0.6 is 0 Å². The molecule has 1 amide bonds. The van der Waals surface area contributed by atoms with Crippen molar-refractivity contribution in [2.45, 2.75) is 13.8 Å². The van der Waals surface area contributed by atoms with Crippen LogP contribution in [-0.2, 0) is 4.79 Å². The lowest BCUT2D eigenvalue weighted by Gasteiger charge is -2.08. The van der Waals surface area contributed by atoms with E-state index in [0.717, 1.165) is 16.8 Å². The highest BCUT2D eigenvalue weighted by Gasteiger charge is 2.02. The van der Waals surface area contributed by atoms with Crippen LogP contribution < -0.4 is 5.32 Å². The first-order valence-corrected chi connectivity index (χ1v) is 4.81. The van der Waals surface area contributed by atoms with Gasteiger partial charge in [0.25, 0.3) is 0 Å². The van der Waals surface area contributed by atoms with E-state index < -0.39 is 0 Å². The normalized spacial score (nSPS) is 10.3. The van der Waals surface area contributed by atoms with E-state index in [9.17, 15) is 4.79 Å². The van der Waals surface area contributed by atoms with Gasteiger partial charge in [-0.3, -0.25) is 4.79 Å². The van der Waals surface area contributed by atoms with Crippen LogP contribution in [0, 0.1) is 6.92 Å². The Morgan fingerprint density at radius 3 is 2.80 bits per heavy atom. The van der Waals surface area contributed by atoms with Crippen LogP contribution in [0.3, 0.4) is 0 Å². The van der Waals surface area contributed by atoms with E-state index in [2.05, 4.69) is 11.9 Å². The van der Waals surface area contributed by atoms with Crippen molar-refractivity contribution in [3.05, 3.63) is 48.1 Å². The summed E-state index contributed by atoms with van der Waals surface area (Å²) in [5.41, 5.74) is 2.98. The Morgan fingerprint density at radius 2 is 2.20 bits per heavy atom. The van der Waals surface area contributed by atoms with Crippen LogP contribution in [0.15, 0.2) is 36.9 Å². The van der Waals surface area contributed by atoms with Gasteiger partial charge in [-0.15, -0.1) is 0 Å². The molecule has 78 valence electrons. The van der Waals surface area contributed by atoms with Crippen molar-refractivity contribution in [3.63, 3.8) is 0 Å². The number of amides is 1. The summed E-state index contributed by atoms with van der Waals surface area (Å²) in [6.07, 6.45) is 5.51. The van der Waals surface area contributed by atoms with Gasteiger partial charge in [0.15, 0.2) is 0 Å². The first-order valence-electron chi connectivity index (χ1n) is 4.81. The average Bonchev–Trinajstić information content (AvgIpc) is 2.16. The van der Waals surface area contributed by atoms with Gasteiger partial charge in [0.1, 0.15) is 0 Å². The smallest absolute Gasteiger partial charge is 0.221 e. The molecule has 0 atom stereocenters. The third kappa shape index (κ3) is 3.09. The fourth-order valence-corrected chi connectivity index (χ4v) is 1.36. The predicted octanol–water partition coefficient (Wildman–Crippen LogP) is 3.15. The Kier molecular flexibility index (Phi) is 3.86. The number of nitrogens with one attached hydrogen (secondary N) is 1. The Morgan fingerprint density at radius 1 is 1.47 bits per heavy atom. The van der Waals surface area contributed by atoms with Gasteiger partial charge in [0.2, 0.25) is 5.91 Å². The molecule has 0 aromatic heterocycles. The molecule has 0 aliphatic rings. The summed E-state index contributed by atoms with van der Waals surface area (Å²) in [6, 6.07) is 5.82. The van der Waals surface area contributed by atoms with E-state index >= 15 is 0 Å². The van der Waals surface area contributed by atoms with Gasteiger partial charge < -0.3 is 5.32 Å². The third-order valence-corrected chi connectivity index (χ3v) is 2.03. The first kappa shape index (κ1) is 11.2. The standard InChI is InChI=1S/C13H15NO/c1-4-5-8-12-10(2)7-6-9-13(12)14-11(3)15/h4-9H,1H2,2-3H3,(H,14,15)/b8-5-. The molecule has 0 aliphatic heterocycles. The fourth-order valence-electron chi connectivity index (χ4n) is 1.36. The van der Waals surface area contributed by atoms with Gasteiger partial charge in [0.05, 0.1) is 0 Å². The zero-order chi connectivity index (χ0) is 11.3. The molecule has 1 aromatic rings. The number of rotatable bonds is 3. The summed E-state index contributed by atoms with van der Waals surface area (Å²) in [5, 5.41) is 2.80. The molecular formula is C13H15NO. The van der Waals surface area contributed by atoms with E-state index in [1.54, 1.807) is 6.08 Å². The summed E-state index contributed by atoms with van der Waals surface area (Å²) in [5.74, 6) is -0.0612. The molecule has 0 aliphatic carbocycles. The number of hydrogen-bond donors (Lipinski definition) is 1. The summed E-state index contributed by atoms with van der Waals surface area (Å²) in [6.45, 7) is 7.13. The molecule has 2 nitrogen and oxygen atoms in total. The lowest BCUT2D eigenvalue weighted by Crippen LogP contribution is -2.07. The Balaban J connectivity index is 3.13. The van der Waals surface area contributed by atoms with E-state index in [0.29, 0.717) is 0 Å². The third-order valence-electron chi connectivity index (χ3n) is 2.03. The van der Waals surface area contributed by atoms with E-state index in [4.69, 9.17) is 0 Å². The maximum absolute atomic E-state index is 11.0. The molecule has 0 unspecified atom stereocenters. The number of hydrogen-bond acceptors (Lipinski definition) is 1. The Hall–Kier alpha value is -1.83. The summed E-state index contributed by atoms with van der Waals surface area (Å²) in [7, 11) is 0. The van der Waals surface area contributed by atoms with Crippen molar-refractivity contribution < 1.29 is 4.79 Å². The molecular weight excluding hydrogens is 186 g/mol. The van der Waals surface area contributed by atoms with Crippen LogP contribution in [-0.4, -0.2) is 5.91 Å². The molecule has 0 saturated heterocycles. The van der Waals surface area contributed by atoms with Crippen molar-refractivity contribution in [1.82, 2.24) is 0 Å². The minimum atomic E-state index is -0.0612. The van der Waals surface area contributed by atoms with Crippen molar-refractivity contribution in [2.75, 3.05) is 5.32 Å². The van der Waals surface area contributed by atoms with Crippen LogP contribution in [0.2, 0.25) is 0 Å². The molecule has 2 heteroatoms. The highest BCUT2D eigenvalue weighted by atomic mass is 16.1. The van der Waals surface area contributed by atoms with Crippen LogP contribution in [0.25, 0.3) is 6.08 Å². The van der Waals surface area contributed by atoms with Gasteiger partial charge in [-0.05, 0) is 18.6 Å². The average molecular weight is 201 g/mol. The lowest BCUT2D eigenvalue weighted by atomic mass is 10.1. The highest BCUT2D eigenvalue weighted by Crippen LogP contribution is 2.21. The van der Waals surface area contributed by atoms with E-state index in [-0.39, 0.29) is 5.91 Å². The monoisotopic (exact) mass is 201 g/mol. The van der Waals surface area contributed by atoms with E-state index in [1.807, 2.05) is 37.3 Å². The van der Waals surface area contributed by atoms with Crippen molar-refractivity contribution in [1.29, 1.82) is 0 Å². The predicted molar refractivity (Wildman–Crippen MR) is 64.7 cm³/mol. The van der Waals surface area contributed by atoms with E-state index in [1.165, 1.54) is 6.92 Å². The summed E-state index contributed by atoms with van der Waals surface area (Å²) >= 11 is 0.